The van der Waals surface area contributed by atoms with Crippen LogP contribution in [0.25, 0.3) is 0 Å². The number of aromatic hydroxyl groups is 1. The van der Waals surface area contributed by atoms with Crippen LogP contribution in [0.4, 0.5) is 0 Å². The highest BCUT2D eigenvalue weighted by atomic mass is 16.6. The lowest BCUT2D eigenvalue weighted by atomic mass is 9.50. The van der Waals surface area contributed by atoms with Crippen LogP contribution in [0, 0.1) is 23.2 Å². The number of benzene rings is 1. The molecule has 4 aliphatic rings. The number of carbonyl (C=O) groups is 1. The molecule has 134 valence electrons. The van der Waals surface area contributed by atoms with Gasteiger partial charge in [0.2, 0.25) is 0 Å². The second kappa shape index (κ2) is 4.79. The molecule has 4 heteroatoms. The van der Waals surface area contributed by atoms with Crippen molar-refractivity contribution in [2.75, 3.05) is 0 Å². The highest BCUT2D eigenvalue weighted by Gasteiger charge is 2.70. The zero-order chi connectivity index (χ0) is 17.6. The molecule has 0 radical (unpaired) electrons. The van der Waals surface area contributed by atoms with Gasteiger partial charge in [0, 0.05) is 5.41 Å². The fraction of sp³-hybridized carbons (Fsp3) is 0.667. The van der Waals surface area contributed by atoms with Crippen LogP contribution in [0.2, 0.25) is 0 Å². The molecule has 0 amide bonds. The Kier molecular flexibility index (Phi) is 3.00. The largest absolute Gasteiger partial charge is 0.508 e. The summed E-state index contributed by atoms with van der Waals surface area (Å²) in [4.78, 5) is 11.8. The fourth-order valence-electron chi connectivity index (χ4n) is 7.07. The number of phenols is 1. The minimum absolute atomic E-state index is 0.152. The summed E-state index contributed by atoms with van der Waals surface area (Å²) in [5, 5.41) is 21.2. The Morgan fingerprint density at radius 1 is 1.32 bits per heavy atom. The molecule has 1 aromatic rings. The van der Waals surface area contributed by atoms with Crippen molar-refractivity contribution in [1.82, 2.24) is 0 Å². The number of esters is 1. The van der Waals surface area contributed by atoms with Crippen molar-refractivity contribution in [2.24, 2.45) is 23.2 Å². The van der Waals surface area contributed by atoms with E-state index in [0.717, 1.165) is 25.7 Å². The van der Waals surface area contributed by atoms with Crippen molar-refractivity contribution in [1.29, 1.82) is 0 Å². The Bertz CT molecular complexity index is 758. The number of carbonyl (C=O) groups excluding carboxylic acids is 1. The summed E-state index contributed by atoms with van der Waals surface area (Å²) in [6.45, 7) is 4.48. The molecule has 3 aliphatic carbocycles. The average Bonchev–Trinajstić information content (AvgIpc) is 2.95. The molecule has 7 atom stereocenters. The van der Waals surface area contributed by atoms with Crippen LogP contribution < -0.4 is 0 Å². The molecule has 1 aliphatic heterocycles. The van der Waals surface area contributed by atoms with Crippen molar-refractivity contribution in [3.63, 3.8) is 0 Å². The number of aryl methyl sites for hydroxylation is 1. The quantitative estimate of drug-likeness (QED) is 0.711. The van der Waals surface area contributed by atoms with Crippen molar-refractivity contribution in [2.45, 2.75) is 63.6 Å². The first kappa shape index (κ1) is 15.7. The van der Waals surface area contributed by atoms with Gasteiger partial charge in [0.15, 0.2) is 0 Å². The number of phenolic OH excluding ortho intramolecular Hbond substituents is 1. The van der Waals surface area contributed by atoms with Crippen LogP contribution >= 0.6 is 0 Å². The molecule has 2 unspecified atom stereocenters. The van der Waals surface area contributed by atoms with E-state index < -0.39 is 5.60 Å². The molecule has 4 nitrogen and oxygen atoms in total. The van der Waals surface area contributed by atoms with Gasteiger partial charge < -0.3 is 14.9 Å². The third kappa shape index (κ3) is 1.84. The first-order chi connectivity index (χ1) is 11.8. The van der Waals surface area contributed by atoms with Gasteiger partial charge in [-0.2, -0.15) is 0 Å². The monoisotopic (exact) mass is 342 g/mol. The van der Waals surface area contributed by atoms with Gasteiger partial charge in [-0.25, -0.2) is 0 Å². The Morgan fingerprint density at radius 3 is 2.92 bits per heavy atom. The highest BCUT2D eigenvalue weighted by molar-refractivity contribution is 5.74. The molecule has 2 saturated carbocycles. The van der Waals surface area contributed by atoms with Gasteiger partial charge in [-0.3, -0.25) is 4.79 Å². The molecule has 0 aromatic heterocycles. The maximum Gasteiger partial charge on any atom is 0.309 e. The third-order valence-corrected chi connectivity index (χ3v) is 8.07. The summed E-state index contributed by atoms with van der Waals surface area (Å²) < 4.78 is 5.52. The van der Waals surface area contributed by atoms with Gasteiger partial charge in [-0.05, 0) is 72.6 Å². The third-order valence-electron chi connectivity index (χ3n) is 8.07. The Morgan fingerprint density at radius 2 is 2.12 bits per heavy atom. The van der Waals surface area contributed by atoms with E-state index in [1.165, 1.54) is 11.1 Å². The minimum Gasteiger partial charge on any atom is -0.508 e. The molecule has 3 fully saturated rings. The van der Waals surface area contributed by atoms with E-state index in [4.69, 9.17) is 4.74 Å². The van der Waals surface area contributed by atoms with Crippen LogP contribution in [0.3, 0.4) is 0 Å². The maximum absolute atomic E-state index is 11.8. The molecule has 1 saturated heterocycles. The standard InChI is InChI=1S/C21H26O4/c1-11-9-20(2)16(8-17-21(20,24)10-18(23)25-17)15-5-3-12-7-13(22)4-6-14(12)19(11)15/h4,6-7,11,15-17,19,22,24H,3,5,8-10H2,1-2H3/t11?,15-,16-,17?,19+,20-,21+/m0/s1. The zero-order valence-electron chi connectivity index (χ0n) is 14.9. The van der Waals surface area contributed by atoms with Gasteiger partial charge in [-0.15, -0.1) is 0 Å². The second-order valence-corrected chi connectivity index (χ2v) is 9.13. The van der Waals surface area contributed by atoms with Gasteiger partial charge >= 0.3 is 5.97 Å². The predicted molar refractivity (Wildman–Crippen MR) is 92.1 cm³/mol. The van der Waals surface area contributed by atoms with Crippen molar-refractivity contribution in [3.05, 3.63) is 29.3 Å². The number of hydrogen-bond donors (Lipinski definition) is 2. The van der Waals surface area contributed by atoms with E-state index in [0.29, 0.717) is 29.4 Å². The summed E-state index contributed by atoms with van der Waals surface area (Å²) >= 11 is 0. The molecule has 1 heterocycles. The lowest BCUT2D eigenvalue weighted by Gasteiger charge is -2.55. The van der Waals surface area contributed by atoms with Crippen LogP contribution in [-0.2, 0) is 16.0 Å². The van der Waals surface area contributed by atoms with Gasteiger partial charge in [0.1, 0.15) is 17.5 Å². The molecule has 1 aromatic carbocycles. The predicted octanol–water partition coefficient (Wildman–Crippen LogP) is 3.15. The lowest BCUT2D eigenvalue weighted by molar-refractivity contribution is -0.142. The van der Waals surface area contributed by atoms with E-state index in [1.54, 1.807) is 6.07 Å². The second-order valence-electron chi connectivity index (χ2n) is 9.13. The van der Waals surface area contributed by atoms with Crippen molar-refractivity contribution < 1.29 is 19.7 Å². The summed E-state index contributed by atoms with van der Waals surface area (Å²) in [5.41, 5.74) is 1.41. The average molecular weight is 342 g/mol. The van der Waals surface area contributed by atoms with Crippen molar-refractivity contribution >= 4 is 5.97 Å². The Hall–Kier alpha value is -1.55. The van der Waals surface area contributed by atoms with Gasteiger partial charge in [-0.1, -0.05) is 19.9 Å². The minimum atomic E-state index is -0.997. The first-order valence-electron chi connectivity index (χ1n) is 9.57. The topological polar surface area (TPSA) is 66.8 Å². The van der Waals surface area contributed by atoms with Gasteiger partial charge in [0.05, 0.1) is 6.42 Å². The first-order valence-corrected chi connectivity index (χ1v) is 9.57. The highest BCUT2D eigenvalue weighted by Crippen LogP contribution is 2.68. The summed E-state index contributed by atoms with van der Waals surface area (Å²) in [7, 11) is 0. The normalized spacial score (nSPS) is 47.5. The Labute approximate surface area is 148 Å². The number of ether oxygens (including phenoxy) is 1. The number of aliphatic hydroxyl groups is 1. The van der Waals surface area contributed by atoms with E-state index >= 15 is 0 Å². The van der Waals surface area contributed by atoms with Gasteiger partial charge in [0.25, 0.3) is 0 Å². The Balaban J connectivity index is 1.57. The van der Waals surface area contributed by atoms with E-state index in [-0.39, 0.29) is 23.9 Å². The zero-order valence-corrected chi connectivity index (χ0v) is 14.9. The van der Waals surface area contributed by atoms with Crippen LogP contribution in [0.5, 0.6) is 5.75 Å². The lowest BCUT2D eigenvalue weighted by Crippen LogP contribution is -2.54. The molecule has 5 rings (SSSR count). The maximum atomic E-state index is 11.8. The van der Waals surface area contributed by atoms with E-state index in [9.17, 15) is 15.0 Å². The van der Waals surface area contributed by atoms with Crippen LogP contribution in [0.15, 0.2) is 18.2 Å². The van der Waals surface area contributed by atoms with Crippen molar-refractivity contribution in [3.8, 4) is 5.75 Å². The van der Waals surface area contributed by atoms with E-state index in [2.05, 4.69) is 19.9 Å². The number of rotatable bonds is 0. The van der Waals surface area contributed by atoms with Crippen LogP contribution in [-0.4, -0.2) is 27.9 Å². The number of hydrogen-bond acceptors (Lipinski definition) is 4. The molecular formula is C21H26O4. The molecular weight excluding hydrogens is 316 g/mol. The smallest absolute Gasteiger partial charge is 0.309 e. The van der Waals surface area contributed by atoms with E-state index in [1.807, 2.05) is 6.07 Å². The SMILES string of the molecule is CC1C[C@@]2(C)[C@@H](CC3OC(=O)C[C@@]32O)[C@@H]2CCc3cc(O)ccc3[C@@H]12. The summed E-state index contributed by atoms with van der Waals surface area (Å²) in [5.74, 6) is 1.92. The fourth-order valence-corrected chi connectivity index (χ4v) is 7.07. The molecule has 25 heavy (non-hydrogen) atoms. The van der Waals surface area contributed by atoms with Crippen LogP contribution in [0.1, 0.15) is 56.6 Å². The molecule has 0 spiro atoms. The number of fused-ring (bicyclic) bond motifs is 7. The molecule has 0 bridgehead atoms. The summed E-state index contributed by atoms with van der Waals surface area (Å²) in [6.07, 6.45) is 3.60. The summed E-state index contributed by atoms with van der Waals surface area (Å²) in [6, 6.07) is 5.83. The molecule has 2 N–H and O–H groups in total.